The molecule has 0 spiro atoms. The molecule has 0 fully saturated rings. The van der Waals surface area contributed by atoms with Crippen LogP contribution < -0.4 is 15.6 Å². The van der Waals surface area contributed by atoms with Crippen molar-refractivity contribution in [2.45, 2.75) is 26.3 Å². The van der Waals surface area contributed by atoms with Gasteiger partial charge in [0.05, 0.1) is 18.7 Å². The molecule has 4 aromatic rings. The quantitative estimate of drug-likeness (QED) is 0.407. The molecule has 0 aliphatic carbocycles. The normalized spacial score (nSPS) is 11.0. The van der Waals surface area contributed by atoms with Crippen LogP contribution in [0.15, 0.2) is 59.0 Å². The number of carbonyl (C=O) groups is 1. The van der Waals surface area contributed by atoms with Gasteiger partial charge in [0, 0.05) is 48.2 Å². The van der Waals surface area contributed by atoms with E-state index in [1.165, 1.54) is 22.1 Å². The highest BCUT2D eigenvalue weighted by molar-refractivity contribution is 7.15. The van der Waals surface area contributed by atoms with E-state index in [4.69, 9.17) is 4.74 Å². The van der Waals surface area contributed by atoms with Gasteiger partial charge >= 0.3 is 0 Å². The fourth-order valence-electron chi connectivity index (χ4n) is 3.22. The number of hydrogen-bond acceptors (Lipinski definition) is 6. The fourth-order valence-corrected chi connectivity index (χ4v) is 4.10. The molecule has 0 aliphatic heterocycles. The minimum Gasteiger partial charge on any atom is -0.494 e. The van der Waals surface area contributed by atoms with E-state index in [0.717, 1.165) is 27.7 Å². The highest BCUT2D eigenvalue weighted by atomic mass is 32.1. The van der Waals surface area contributed by atoms with Crippen LogP contribution in [-0.4, -0.2) is 38.2 Å². The minimum absolute atomic E-state index is 0.0654. The van der Waals surface area contributed by atoms with Crippen LogP contribution in [0.25, 0.3) is 16.2 Å². The minimum atomic E-state index is -0.141. The highest BCUT2D eigenvalue weighted by Gasteiger charge is 2.12. The summed E-state index contributed by atoms with van der Waals surface area (Å²) in [5, 5.41) is 8.87. The Hall–Kier alpha value is -3.46. The maximum atomic E-state index is 12.4. The third kappa shape index (κ3) is 5.00. The van der Waals surface area contributed by atoms with Crippen molar-refractivity contribution in [2.24, 2.45) is 0 Å². The van der Waals surface area contributed by atoms with E-state index in [1.807, 2.05) is 47.2 Å². The topological polar surface area (TPSA) is 90.5 Å². The molecule has 0 saturated heterocycles. The van der Waals surface area contributed by atoms with Gasteiger partial charge in [-0.3, -0.25) is 14.0 Å². The number of thiazole rings is 1. The molecule has 0 bridgehead atoms. The summed E-state index contributed by atoms with van der Waals surface area (Å²) < 4.78 is 8.84. The zero-order valence-corrected chi connectivity index (χ0v) is 18.0. The number of imidazole rings is 1. The van der Waals surface area contributed by atoms with Crippen molar-refractivity contribution < 1.29 is 9.53 Å². The lowest BCUT2D eigenvalue weighted by atomic mass is 10.1. The summed E-state index contributed by atoms with van der Waals surface area (Å²) in [5.41, 5.74) is 2.61. The molecule has 0 atom stereocenters. The first-order chi connectivity index (χ1) is 15.1. The van der Waals surface area contributed by atoms with E-state index in [-0.39, 0.29) is 17.9 Å². The predicted octanol–water partition coefficient (Wildman–Crippen LogP) is 2.77. The number of amides is 1. The number of nitrogens with zero attached hydrogens (tertiary/aromatic N) is 4. The maximum Gasteiger partial charge on any atom is 0.266 e. The van der Waals surface area contributed by atoms with E-state index in [0.29, 0.717) is 26.1 Å². The Kier molecular flexibility index (Phi) is 6.42. The average Bonchev–Trinajstić information content (AvgIpc) is 3.35. The van der Waals surface area contributed by atoms with Gasteiger partial charge in [-0.2, -0.15) is 5.10 Å². The van der Waals surface area contributed by atoms with Gasteiger partial charge in [-0.15, -0.1) is 11.3 Å². The zero-order chi connectivity index (χ0) is 21.6. The molecule has 3 aromatic heterocycles. The van der Waals surface area contributed by atoms with Crippen molar-refractivity contribution in [1.82, 2.24) is 24.5 Å². The molecule has 31 heavy (non-hydrogen) atoms. The van der Waals surface area contributed by atoms with Crippen LogP contribution in [0.3, 0.4) is 0 Å². The van der Waals surface area contributed by atoms with Crippen LogP contribution in [0.4, 0.5) is 0 Å². The lowest BCUT2D eigenvalue weighted by Gasteiger charge is -2.06. The molecule has 1 N–H and O–H groups in total. The number of carbonyl (C=O) groups excluding carboxylic acids is 1. The number of rotatable bonds is 9. The van der Waals surface area contributed by atoms with Gasteiger partial charge in [-0.05, 0) is 43.7 Å². The fraction of sp³-hybridized carbons (Fsp3) is 0.273. The van der Waals surface area contributed by atoms with Gasteiger partial charge < -0.3 is 10.1 Å². The second-order valence-electron chi connectivity index (χ2n) is 6.93. The van der Waals surface area contributed by atoms with E-state index in [1.54, 1.807) is 12.3 Å². The monoisotopic (exact) mass is 437 g/mol. The van der Waals surface area contributed by atoms with Crippen molar-refractivity contribution in [1.29, 1.82) is 0 Å². The van der Waals surface area contributed by atoms with Crippen molar-refractivity contribution in [2.75, 3.05) is 13.2 Å². The number of nitrogens with one attached hydrogen (secondary N) is 1. The van der Waals surface area contributed by atoms with Crippen LogP contribution in [0.1, 0.15) is 19.0 Å². The summed E-state index contributed by atoms with van der Waals surface area (Å²) in [5.74, 6) is 0.766. The van der Waals surface area contributed by atoms with Crippen molar-refractivity contribution in [3.8, 4) is 17.0 Å². The molecular formula is C22H23N5O3S. The van der Waals surface area contributed by atoms with Crippen LogP contribution in [-0.2, 0) is 17.8 Å². The molecule has 1 amide bonds. The number of fused-ring (bicyclic) bond motifs is 1. The Labute approximate surface area is 183 Å². The zero-order valence-electron chi connectivity index (χ0n) is 17.2. The third-order valence-corrected chi connectivity index (χ3v) is 5.63. The first-order valence-corrected chi connectivity index (χ1v) is 11.0. The second-order valence-corrected chi connectivity index (χ2v) is 7.77. The first-order valence-electron chi connectivity index (χ1n) is 10.1. The smallest absolute Gasteiger partial charge is 0.266 e. The second kappa shape index (κ2) is 9.57. The summed E-state index contributed by atoms with van der Waals surface area (Å²) in [6.07, 6.45) is 4.43. The Morgan fingerprint density at radius 2 is 2.06 bits per heavy atom. The average molecular weight is 438 g/mol. The number of hydrogen-bond donors (Lipinski definition) is 1. The van der Waals surface area contributed by atoms with Gasteiger partial charge in [0.2, 0.25) is 5.91 Å². The van der Waals surface area contributed by atoms with Gasteiger partial charge in [-0.1, -0.05) is 0 Å². The lowest BCUT2D eigenvalue weighted by Crippen LogP contribution is -2.29. The molecule has 3 heterocycles. The van der Waals surface area contributed by atoms with Crippen LogP contribution in [0, 0.1) is 0 Å². The maximum absolute atomic E-state index is 12.4. The van der Waals surface area contributed by atoms with E-state index < -0.39 is 0 Å². The molecule has 9 heteroatoms. The molecule has 4 rings (SSSR count). The standard InChI is InChI=1S/C22H23N5O3S/c1-2-30-18-8-6-16(7-9-18)19-14-26-17(15-31-22(26)25-19)13-20(28)23-10-4-12-27-21(29)5-3-11-24-27/h3,5-9,11,14-15H,2,4,10,12-13H2,1H3,(H,23,28). The molecule has 0 aliphatic rings. The third-order valence-electron chi connectivity index (χ3n) is 4.74. The van der Waals surface area contributed by atoms with E-state index in [2.05, 4.69) is 15.4 Å². The Bertz CT molecular complexity index is 1230. The molecule has 0 unspecified atom stereocenters. The Balaban J connectivity index is 1.34. The van der Waals surface area contributed by atoms with Crippen molar-refractivity contribution >= 4 is 22.2 Å². The van der Waals surface area contributed by atoms with Crippen LogP contribution in [0.5, 0.6) is 5.75 Å². The molecule has 8 nitrogen and oxygen atoms in total. The predicted molar refractivity (Wildman–Crippen MR) is 120 cm³/mol. The molecule has 0 radical (unpaired) electrons. The van der Waals surface area contributed by atoms with E-state index in [9.17, 15) is 9.59 Å². The number of aryl methyl sites for hydroxylation is 1. The van der Waals surface area contributed by atoms with Crippen LogP contribution in [0.2, 0.25) is 0 Å². The summed E-state index contributed by atoms with van der Waals surface area (Å²) in [7, 11) is 0. The summed E-state index contributed by atoms with van der Waals surface area (Å²) in [4.78, 5) is 29.5. The summed E-state index contributed by atoms with van der Waals surface area (Å²) in [6.45, 7) is 3.54. The largest absolute Gasteiger partial charge is 0.494 e. The number of aromatic nitrogens is 4. The summed E-state index contributed by atoms with van der Waals surface area (Å²) in [6, 6.07) is 10.9. The van der Waals surface area contributed by atoms with E-state index >= 15 is 0 Å². The highest BCUT2D eigenvalue weighted by Crippen LogP contribution is 2.25. The lowest BCUT2D eigenvalue weighted by molar-refractivity contribution is -0.120. The van der Waals surface area contributed by atoms with Gasteiger partial charge in [0.1, 0.15) is 5.75 Å². The van der Waals surface area contributed by atoms with Gasteiger partial charge in [-0.25, -0.2) is 9.67 Å². The Morgan fingerprint density at radius 1 is 1.23 bits per heavy atom. The van der Waals surface area contributed by atoms with Crippen LogP contribution >= 0.6 is 11.3 Å². The number of benzene rings is 1. The van der Waals surface area contributed by atoms with Gasteiger partial charge in [0.25, 0.3) is 5.56 Å². The summed E-state index contributed by atoms with van der Waals surface area (Å²) >= 11 is 1.51. The SMILES string of the molecule is CCOc1ccc(-c2cn3c(CC(=O)NCCCn4ncccc4=O)csc3n2)cc1. The molecule has 160 valence electrons. The van der Waals surface area contributed by atoms with Gasteiger partial charge in [0.15, 0.2) is 4.96 Å². The number of ether oxygens (including phenoxy) is 1. The van der Waals surface area contributed by atoms with Crippen molar-refractivity contribution in [3.63, 3.8) is 0 Å². The Morgan fingerprint density at radius 3 is 2.84 bits per heavy atom. The first kappa shape index (κ1) is 20.8. The molecule has 1 aromatic carbocycles. The molecule has 0 saturated carbocycles. The molecular weight excluding hydrogens is 414 g/mol. The van der Waals surface area contributed by atoms with Crippen molar-refractivity contribution in [3.05, 3.63) is 70.2 Å².